The number of anilines is 2. The molecule has 0 spiro atoms. The van der Waals surface area contributed by atoms with Gasteiger partial charge in [-0.05, 0) is 79.1 Å². The second kappa shape index (κ2) is 8.30. The quantitative estimate of drug-likeness (QED) is 0.567. The standard InChI is InChI=1S/C22H18Cl2N2O3S/c23-17-6-8-19(9-7-17)25-30(28,29)20-10-11-21-15(14-20)4-2-12-26(21)22(27)16-3-1-5-18(24)13-16/h1,3,5-11,13-14,25H,2,4,12H2. The summed E-state index contributed by atoms with van der Waals surface area (Å²) in [5.41, 5.74) is 2.46. The maximum absolute atomic E-state index is 13.0. The van der Waals surface area contributed by atoms with Gasteiger partial charge in [-0.1, -0.05) is 29.3 Å². The van der Waals surface area contributed by atoms with Crippen LogP contribution in [0.15, 0.2) is 71.6 Å². The second-order valence-corrected chi connectivity index (χ2v) is 9.53. The number of sulfonamides is 1. The lowest BCUT2D eigenvalue weighted by molar-refractivity contribution is 0.0985. The van der Waals surface area contributed by atoms with E-state index in [1.165, 1.54) is 6.07 Å². The van der Waals surface area contributed by atoms with Gasteiger partial charge in [0.25, 0.3) is 15.9 Å². The van der Waals surface area contributed by atoms with Gasteiger partial charge < -0.3 is 4.90 Å². The second-order valence-electron chi connectivity index (χ2n) is 6.97. The van der Waals surface area contributed by atoms with Crippen LogP contribution in [0.25, 0.3) is 0 Å². The van der Waals surface area contributed by atoms with Crippen LogP contribution >= 0.6 is 23.2 Å². The van der Waals surface area contributed by atoms with E-state index in [0.29, 0.717) is 34.3 Å². The van der Waals surface area contributed by atoms with Gasteiger partial charge in [-0.3, -0.25) is 9.52 Å². The number of hydrogen-bond acceptors (Lipinski definition) is 3. The highest BCUT2D eigenvalue weighted by molar-refractivity contribution is 7.92. The van der Waals surface area contributed by atoms with E-state index in [2.05, 4.69) is 4.72 Å². The van der Waals surface area contributed by atoms with Crippen LogP contribution in [0.4, 0.5) is 11.4 Å². The highest BCUT2D eigenvalue weighted by atomic mass is 35.5. The normalized spacial score (nSPS) is 13.6. The van der Waals surface area contributed by atoms with Gasteiger partial charge in [-0.25, -0.2) is 8.42 Å². The van der Waals surface area contributed by atoms with Crippen LogP contribution in [0, 0.1) is 0 Å². The molecule has 3 aromatic rings. The van der Waals surface area contributed by atoms with Crippen LogP contribution in [0.1, 0.15) is 22.3 Å². The van der Waals surface area contributed by atoms with Crippen LogP contribution in [-0.2, 0) is 16.4 Å². The average molecular weight is 461 g/mol. The Morgan fingerprint density at radius 1 is 0.933 bits per heavy atom. The van der Waals surface area contributed by atoms with E-state index < -0.39 is 10.0 Å². The molecule has 1 N–H and O–H groups in total. The maximum atomic E-state index is 13.0. The predicted molar refractivity (Wildman–Crippen MR) is 120 cm³/mol. The van der Waals surface area contributed by atoms with Crippen LogP contribution in [0.3, 0.4) is 0 Å². The molecule has 4 rings (SSSR count). The number of fused-ring (bicyclic) bond motifs is 1. The van der Waals surface area contributed by atoms with Gasteiger partial charge in [0.2, 0.25) is 0 Å². The van der Waals surface area contributed by atoms with Gasteiger partial charge >= 0.3 is 0 Å². The lowest BCUT2D eigenvalue weighted by Crippen LogP contribution is -2.35. The maximum Gasteiger partial charge on any atom is 0.261 e. The Bertz CT molecular complexity index is 1210. The molecular formula is C22H18Cl2N2O3S. The zero-order valence-corrected chi connectivity index (χ0v) is 18.1. The van der Waals surface area contributed by atoms with Crippen molar-refractivity contribution in [2.75, 3.05) is 16.2 Å². The zero-order valence-electron chi connectivity index (χ0n) is 15.8. The van der Waals surface area contributed by atoms with Crippen molar-refractivity contribution in [1.82, 2.24) is 0 Å². The van der Waals surface area contributed by atoms with Crippen molar-refractivity contribution in [3.05, 3.63) is 87.9 Å². The molecular weight excluding hydrogens is 443 g/mol. The third kappa shape index (κ3) is 4.31. The fraction of sp³-hybridized carbons (Fsp3) is 0.136. The third-order valence-electron chi connectivity index (χ3n) is 4.89. The van der Waals surface area contributed by atoms with Gasteiger partial charge in [0, 0.05) is 33.5 Å². The van der Waals surface area contributed by atoms with Crippen molar-refractivity contribution < 1.29 is 13.2 Å². The molecule has 5 nitrogen and oxygen atoms in total. The lowest BCUT2D eigenvalue weighted by atomic mass is 10.0. The first kappa shape index (κ1) is 20.7. The summed E-state index contributed by atoms with van der Waals surface area (Å²) in [5.74, 6) is -0.159. The number of carbonyl (C=O) groups is 1. The first-order valence-electron chi connectivity index (χ1n) is 9.32. The minimum Gasteiger partial charge on any atom is -0.308 e. The molecule has 1 heterocycles. The molecule has 0 aliphatic carbocycles. The van der Waals surface area contributed by atoms with Crippen LogP contribution in [0.2, 0.25) is 10.0 Å². The fourth-order valence-corrected chi connectivity index (χ4v) is 4.89. The molecule has 0 saturated carbocycles. The first-order chi connectivity index (χ1) is 14.3. The number of hydrogen-bond donors (Lipinski definition) is 1. The topological polar surface area (TPSA) is 66.5 Å². The number of aryl methyl sites for hydroxylation is 1. The zero-order chi connectivity index (χ0) is 21.3. The van der Waals surface area contributed by atoms with Gasteiger partial charge in [0.1, 0.15) is 0 Å². The highest BCUT2D eigenvalue weighted by Crippen LogP contribution is 2.31. The molecule has 0 aromatic heterocycles. The lowest BCUT2D eigenvalue weighted by Gasteiger charge is -2.30. The Kier molecular flexibility index (Phi) is 5.73. The number of halogens is 2. The largest absolute Gasteiger partial charge is 0.308 e. The van der Waals surface area contributed by atoms with E-state index in [9.17, 15) is 13.2 Å². The fourth-order valence-electron chi connectivity index (χ4n) is 3.46. The highest BCUT2D eigenvalue weighted by Gasteiger charge is 2.26. The third-order valence-corrected chi connectivity index (χ3v) is 6.76. The molecule has 0 unspecified atom stereocenters. The molecule has 0 saturated heterocycles. The van der Waals surface area contributed by atoms with Gasteiger partial charge in [-0.15, -0.1) is 0 Å². The number of nitrogens with zero attached hydrogens (tertiary/aromatic N) is 1. The summed E-state index contributed by atoms with van der Waals surface area (Å²) in [6, 6.07) is 18.1. The predicted octanol–water partition coefficient (Wildman–Crippen LogP) is 5.39. The average Bonchev–Trinajstić information content (AvgIpc) is 2.74. The first-order valence-corrected chi connectivity index (χ1v) is 11.6. The number of benzene rings is 3. The minimum atomic E-state index is -3.77. The van der Waals surface area contributed by atoms with E-state index in [4.69, 9.17) is 23.2 Å². The molecule has 1 amide bonds. The molecule has 1 aliphatic rings. The Hall–Kier alpha value is -2.54. The molecule has 0 bridgehead atoms. The minimum absolute atomic E-state index is 0.147. The summed E-state index contributed by atoms with van der Waals surface area (Å²) >= 11 is 11.9. The molecule has 154 valence electrons. The Morgan fingerprint density at radius 3 is 2.43 bits per heavy atom. The summed E-state index contributed by atoms with van der Waals surface area (Å²) in [4.78, 5) is 14.8. The van der Waals surface area contributed by atoms with Crippen molar-refractivity contribution >= 4 is 50.5 Å². The van der Waals surface area contributed by atoms with Gasteiger partial charge in [0.05, 0.1) is 4.90 Å². The monoisotopic (exact) mass is 460 g/mol. The Morgan fingerprint density at radius 2 is 1.70 bits per heavy atom. The van der Waals surface area contributed by atoms with Crippen molar-refractivity contribution in [3.63, 3.8) is 0 Å². The van der Waals surface area contributed by atoms with Crippen LogP contribution < -0.4 is 9.62 Å². The Labute approximate surface area is 185 Å². The number of rotatable bonds is 4. The van der Waals surface area contributed by atoms with Crippen molar-refractivity contribution in [1.29, 1.82) is 0 Å². The van der Waals surface area contributed by atoms with Crippen LogP contribution in [-0.4, -0.2) is 20.9 Å². The van der Waals surface area contributed by atoms with Crippen LogP contribution in [0.5, 0.6) is 0 Å². The van der Waals surface area contributed by atoms with E-state index in [1.54, 1.807) is 65.6 Å². The van der Waals surface area contributed by atoms with E-state index in [0.717, 1.165) is 17.7 Å². The molecule has 3 aromatic carbocycles. The van der Waals surface area contributed by atoms with E-state index in [-0.39, 0.29) is 10.8 Å². The van der Waals surface area contributed by atoms with E-state index in [1.807, 2.05) is 0 Å². The molecule has 1 aliphatic heterocycles. The smallest absolute Gasteiger partial charge is 0.261 e. The number of carbonyl (C=O) groups excluding carboxylic acids is 1. The number of amides is 1. The van der Waals surface area contributed by atoms with Gasteiger partial charge in [-0.2, -0.15) is 0 Å². The summed E-state index contributed by atoms with van der Waals surface area (Å²) < 4.78 is 28.2. The molecule has 30 heavy (non-hydrogen) atoms. The summed E-state index contributed by atoms with van der Waals surface area (Å²) in [5, 5.41) is 1.02. The summed E-state index contributed by atoms with van der Waals surface area (Å²) in [6.07, 6.45) is 1.44. The van der Waals surface area contributed by atoms with E-state index >= 15 is 0 Å². The molecule has 0 atom stereocenters. The SMILES string of the molecule is O=C(c1cccc(Cl)c1)N1CCCc2cc(S(=O)(=O)Nc3ccc(Cl)cc3)ccc21. The number of nitrogens with one attached hydrogen (secondary N) is 1. The van der Waals surface area contributed by atoms with Crippen molar-refractivity contribution in [2.45, 2.75) is 17.7 Å². The molecule has 0 fully saturated rings. The molecule has 8 heteroatoms. The van der Waals surface area contributed by atoms with Crippen molar-refractivity contribution in [3.8, 4) is 0 Å². The van der Waals surface area contributed by atoms with Crippen molar-refractivity contribution in [2.24, 2.45) is 0 Å². The Balaban J connectivity index is 1.63. The summed E-state index contributed by atoms with van der Waals surface area (Å²) in [7, 11) is -3.77. The molecule has 0 radical (unpaired) electrons. The van der Waals surface area contributed by atoms with Gasteiger partial charge in [0.15, 0.2) is 0 Å². The summed E-state index contributed by atoms with van der Waals surface area (Å²) in [6.45, 7) is 0.563.